The van der Waals surface area contributed by atoms with Crippen LogP contribution >= 0.6 is 23.5 Å². The minimum atomic E-state index is 0.479. The standard InChI is InChI=1S/C14H21N3S2/c1-15-13-8-11(10-4-2-3-5-10)16-14(17-13)12-9-18-6-7-19-12/h8,10,12H,2-7,9H2,1H3,(H,15,16,17). The maximum atomic E-state index is 4.90. The van der Waals surface area contributed by atoms with Gasteiger partial charge in [0.25, 0.3) is 0 Å². The van der Waals surface area contributed by atoms with E-state index in [0.717, 1.165) is 17.4 Å². The predicted molar refractivity (Wildman–Crippen MR) is 85.3 cm³/mol. The zero-order valence-corrected chi connectivity index (χ0v) is 13.0. The van der Waals surface area contributed by atoms with Gasteiger partial charge in [0, 0.05) is 42.0 Å². The lowest BCUT2D eigenvalue weighted by molar-refractivity contribution is 0.684. The van der Waals surface area contributed by atoms with Gasteiger partial charge in [0.15, 0.2) is 0 Å². The lowest BCUT2D eigenvalue weighted by atomic mass is 10.0. The second-order valence-corrected chi connectivity index (χ2v) is 7.66. The topological polar surface area (TPSA) is 37.8 Å². The van der Waals surface area contributed by atoms with Crippen LogP contribution in [0.15, 0.2) is 6.07 Å². The molecule has 1 unspecified atom stereocenters. The molecule has 2 fully saturated rings. The Kier molecular flexibility index (Phi) is 4.53. The number of nitrogens with one attached hydrogen (secondary N) is 1. The van der Waals surface area contributed by atoms with Crippen LogP contribution in [0.2, 0.25) is 0 Å². The van der Waals surface area contributed by atoms with Crippen molar-refractivity contribution in [2.75, 3.05) is 29.6 Å². The molecule has 0 aromatic carbocycles. The van der Waals surface area contributed by atoms with Crippen molar-refractivity contribution in [1.29, 1.82) is 0 Å². The summed E-state index contributed by atoms with van der Waals surface area (Å²) < 4.78 is 0. The second kappa shape index (κ2) is 6.35. The van der Waals surface area contributed by atoms with Crippen molar-refractivity contribution in [1.82, 2.24) is 9.97 Å². The third kappa shape index (κ3) is 3.19. The molecule has 0 spiro atoms. The fourth-order valence-electron chi connectivity index (χ4n) is 2.82. The molecule has 0 bridgehead atoms. The molecular weight excluding hydrogens is 274 g/mol. The van der Waals surface area contributed by atoms with Crippen molar-refractivity contribution < 1.29 is 0 Å². The van der Waals surface area contributed by atoms with Gasteiger partial charge in [-0.1, -0.05) is 12.8 Å². The maximum absolute atomic E-state index is 4.90. The van der Waals surface area contributed by atoms with E-state index >= 15 is 0 Å². The molecule has 1 aromatic rings. The molecule has 1 aliphatic heterocycles. The van der Waals surface area contributed by atoms with Crippen molar-refractivity contribution in [3.05, 3.63) is 17.6 Å². The van der Waals surface area contributed by atoms with E-state index in [9.17, 15) is 0 Å². The van der Waals surface area contributed by atoms with E-state index in [2.05, 4.69) is 11.4 Å². The highest BCUT2D eigenvalue weighted by Crippen LogP contribution is 2.38. The first-order valence-corrected chi connectivity index (χ1v) is 9.33. The average molecular weight is 295 g/mol. The number of hydrogen-bond acceptors (Lipinski definition) is 5. The SMILES string of the molecule is CNc1cc(C2CCCC2)nc(C2CSCCS2)n1. The summed E-state index contributed by atoms with van der Waals surface area (Å²) >= 11 is 4.04. The van der Waals surface area contributed by atoms with E-state index in [1.54, 1.807) is 0 Å². The zero-order chi connectivity index (χ0) is 13.1. The van der Waals surface area contributed by atoms with E-state index in [1.807, 2.05) is 30.6 Å². The van der Waals surface area contributed by atoms with Gasteiger partial charge >= 0.3 is 0 Å². The molecule has 1 aromatic heterocycles. The Balaban J connectivity index is 1.87. The lowest BCUT2D eigenvalue weighted by Crippen LogP contribution is -2.13. The minimum absolute atomic E-state index is 0.479. The molecule has 3 nitrogen and oxygen atoms in total. The number of anilines is 1. The summed E-state index contributed by atoms with van der Waals surface area (Å²) in [5.41, 5.74) is 1.27. The Morgan fingerprint density at radius 1 is 1.21 bits per heavy atom. The average Bonchev–Trinajstić information content (AvgIpc) is 3.02. The fourth-order valence-corrected chi connectivity index (χ4v) is 5.42. The zero-order valence-electron chi connectivity index (χ0n) is 11.4. The van der Waals surface area contributed by atoms with Gasteiger partial charge in [0.05, 0.1) is 5.25 Å². The van der Waals surface area contributed by atoms with E-state index in [0.29, 0.717) is 11.2 Å². The first-order valence-electron chi connectivity index (χ1n) is 7.13. The summed E-state index contributed by atoms with van der Waals surface area (Å²) in [7, 11) is 1.95. The lowest BCUT2D eigenvalue weighted by Gasteiger charge is -2.21. The van der Waals surface area contributed by atoms with Crippen LogP contribution < -0.4 is 5.32 Å². The van der Waals surface area contributed by atoms with Crippen LogP contribution in [-0.4, -0.2) is 34.3 Å². The molecule has 1 N–H and O–H groups in total. The van der Waals surface area contributed by atoms with Crippen molar-refractivity contribution >= 4 is 29.3 Å². The van der Waals surface area contributed by atoms with Gasteiger partial charge in [0.2, 0.25) is 0 Å². The van der Waals surface area contributed by atoms with Crippen molar-refractivity contribution in [3.8, 4) is 0 Å². The summed E-state index contributed by atoms with van der Waals surface area (Å²) in [5.74, 6) is 6.34. The number of rotatable bonds is 3. The number of thioether (sulfide) groups is 2. The molecule has 1 saturated carbocycles. The molecule has 1 saturated heterocycles. The van der Waals surface area contributed by atoms with Gasteiger partial charge < -0.3 is 5.32 Å². The van der Waals surface area contributed by atoms with Crippen LogP contribution in [0.25, 0.3) is 0 Å². The molecule has 3 rings (SSSR count). The third-order valence-corrected chi connectivity index (χ3v) is 6.65. The highest BCUT2D eigenvalue weighted by Gasteiger charge is 2.24. The van der Waals surface area contributed by atoms with Gasteiger partial charge in [-0.05, 0) is 12.8 Å². The highest BCUT2D eigenvalue weighted by molar-refractivity contribution is 8.06. The highest BCUT2D eigenvalue weighted by atomic mass is 32.2. The predicted octanol–water partition coefficient (Wildman–Crippen LogP) is 3.70. The van der Waals surface area contributed by atoms with Gasteiger partial charge in [-0.15, -0.1) is 11.8 Å². The molecular formula is C14H21N3S2. The fraction of sp³-hybridized carbons (Fsp3) is 0.714. The second-order valence-electron chi connectivity index (χ2n) is 5.20. The van der Waals surface area contributed by atoms with Gasteiger partial charge in [0.1, 0.15) is 11.6 Å². The molecule has 2 aliphatic rings. The molecule has 1 aliphatic carbocycles. The molecule has 19 heavy (non-hydrogen) atoms. The maximum Gasteiger partial charge on any atom is 0.144 e. The van der Waals surface area contributed by atoms with Crippen molar-refractivity contribution in [3.63, 3.8) is 0 Å². The third-order valence-electron chi connectivity index (χ3n) is 3.90. The largest absolute Gasteiger partial charge is 0.373 e. The molecule has 1 atom stereocenters. The van der Waals surface area contributed by atoms with Crippen LogP contribution in [-0.2, 0) is 0 Å². The van der Waals surface area contributed by atoms with Crippen molar-refractivity contribution in [2.24, 2.45) is 0 Å². The van der Waals surface area contributed by atoms with E-state index in [4.69, 9.17) is 9.97 Å². The van der Waals surface area contributed by atoms with E-state index in [1.165, 1.54) is 42.9 Å². The van der Waals surface area contributed by atoms with Crippen molar-refractivity contribution in [2.45, 2.75) is 36.9 Å². The minimum Gasteiger partial charge on any atom is -0.373 e. The van der Waals surface area contributed by atoms with Crippen LogP contribution in [0.5, 0.6) is 0 Å². The molecule has 0 amide bonds. The van der Waals surface area contributed by atoms with E-state index in [-0.39, 0.29) is 0 Å². The Morgan fingerprint density at radius 2 is 2.05 bits per heavy atom. The first-order chi connectivity index (χ1) is 9.36. The molecule has 2 heterocycles. The van der Waals surface area contributed by atoms with Gasteiger partial charge in [-0.2, -0.15) is 11.8 Å². The van der Waals surface area contributed by atoms with Crippen LogP contribution in [0, 0.1) is 0 Å². The van der Waals surface area contributed by atoms with Crippen LogP contribution in [0.4, 0.5) is 5.82 Å². The summed E-state index contributed by atoms with van der Waals surface area (Å²) in [5, 5.41) is 3.68. The Hall–Kier alpha value is -0.420. The number of nitrogens with zero attached hydrogens (tertiary/aromatic N) is 2. The molecule has 0 radical (unpaired) electrons. The molecule has 104 valence electrons. The summed E-state index contributed by atoms with van der Waals surface area (Å²) in [6.45, 7) is 0. The summed E-state index contributed by atoms with van der Waals surface area (Å²) in [6.07, 6.45) is 5.30. The van der Waals surface area contributed by atoms with Crippen LogP contribution in [0.1, 0.15) is 48.4 Å². The van der Waals surface area contributed by atoms with E-state index < -0.39 is 0 Å². The smallest absolute Gasteiger partial charge is 0.144 e. The Labute approximate surface area is 123 Å². The van der Waals surface area contributed by atoms with Gasteiger partial charge in [-0.3, -0.25) is 0 Å². The Bertz CT molecular complexity index is 427. The molecule has 5 heteroatoms. The first kappa shape index (κ1) is 13.6. The number of aromatic nitrogens is 2. The number of hydrogen-bond donors (Lipinski definition) is 1. The monoisotopic (exact) mass is 295 g/mol. The van der Waals surface area contributed by atoms with Gasteiger partial charge in [-0.25, -0.2) is 9.97 Å². The normalized spacial score (nSPS) is 24.6. The van der Waals surface area contributed by atoms with Crippen LogP contribution in [0.3, 0.4) is 0 Å². The summed E-state index contributed by atoms with van der Waals surface area (Å²) in [6, 6.07) is 2.15. The quantitative estimate of drug-likeness (QED) is 0.920. The summed E-state index contributed by atoms with van der Waals surface area (Å²) in [4.78, 5) is 9.59. The Morgan fingerprint density at radius 3 is 2.74 bits per heavy atom.